The second kappa shape index (κ2) is 11.9. The second-order valence-electron chi connectivity index (χ2n) is 7.27. The molecule has 10 heteroatoms. The maximum absolute atomic E-state index is 11.3. The molecular weight excluding hydrogens is 417 g/mol. The van der Waals surface area contributed by atoms with Crippen LogP contribution < -0.4 is 5.73 Å². The van der Waals surface area contributed by atoms with Crippen LogP contribution in [0.4, 0.5) is 0 Å². The van der Waals surface area contributed by atoms with Crippen molar-refractivity contribution in [1.82, 2.24) is 0 Å². The zero-order valence-corrected chi connectivity index (χ0v) is 17.6. The van der Waals surface area contributed by atoms with Crippen molar-refractivity contribution < 1.29 is 42.5 Å². The van der Waals surface area contributed by atoms with Gasteiger partial charge in [-0.05, 0) is 42.7 Å². The molecule has 3 saturated carbocycles. The molecule has 0 radical (unpaired) electrons. The first-order valence-electron chi connectivity index (χ1n) is 8.77. The van der Waals surface area contributed by atoms with Gasteiger partial charge in [-0.15, -0.1) is 0 Å². The molecule has 162 valence electrons. The first-order chi connectivity index (χ1) is 11.3. The molecule has 3 aliphatic rings. The van der Waals surface area contributed by atoms with Gasteiger partial charge in [-0.2, -0.15) is 10.2 Å². The monoisotopic (exact) mass is 448 g/mol. The number of carboxylic acids is 1. The molecule has 27 heavy (non-hydrogen) atoms. The van der Waals surface area contributed by atoms with Gasteiger partial charge >= 0.3 is 0 Å². The summed E-state index contributed by atoms with van der Waals surface area (Å²) in [4.78, 5) is 9.00. The largest absolute Gasteiger partial charge is 0.741 e. The van der Waals surface area contributed by atoms with Crippen LogP contribution in [0.15, 0.2) is 10.2 Å². The minimum Gasteiger partial charge on any atom is -0.741 e. The maximum atomic E-state index is 11.3. The van der Waals surface area contributed by atoms with Crippen LogP contribution in [0.2, 0.25) is 0 Å². The molecule has 3 rings (SSSR count). The number of carboxylic acid groups (broad SMARTS) is 1. The van der Waals surface area contributed by atoms with E-state index in [4.69, 9.17) is 28.3 Å². The summed E-state index contributed by atoms with van der Waals surface area (Å²) in [6, 6.07) is 0. The topological polar surface area (TPSA) is 171 Å². The van der Waals surface area contributed by atoms with Crippen LogP contribution in [0.1, 0.15) is 58.8 Å². The van der Waals surface area contributed by atoms with Crippen molar-refractivity contribution in [2.75, 3.05) is 0 Å². The van der Waals surface area contributed by atoms with E-state index < -0.39 is 11.6 Å². The van der Waals surface area contributed by atoms with Gasteiger partial charge in [0.2, 0.25) is 0 Å². The number of nitrogens with two attached hydrogens (primary N) is 1. The van der Waals surface area contributed by atoms with Gasteiger partial charge in [0.05, 0.1) is 5.60 Å². The molecule has 8 N–H and O–H groups in total. The molecule has 0 amide bonds. The normalized spacial score (nSPS) is 35.8. The Morgan fingerprint density at radius 2 is 1.81 bits per heavy atom. The van der Waals surface area contributed by atoms with Crippen molar-refractivity contribution in [3.63, 3.8) is 0 Å². The smallest absolute Gasteiger partial charge is 0.300 e. The molecule has 0 spiro atoms. The number of hydrogen-bond acceptors (Lipinski definition) is 5. The Bertz CT molecular complexity index is 541. The van der Waals surface area contributed by atoms with E-state index in [-0.39, 0.29) is 38.5 Å². The van der Waals surface area contributed by atoms with Crippen LogP contribution in [0.5, 0.6) is 0 Å². The van der Waals surface area contributed by atoms with Gasteiger partial charge in [0, 0.05) is 41.0 Å². The number of rotatable bonds is 1. The molecule has 0 aliphatic heterocycles. The minimum absolute atomic E-state index is 0. The fourth-order valence-corrected chi connectivity index (χ4v) is 5.06. The molecule has 5 atom stereocenters. The Balaban J connectivity index is 0. The van der Waals surface area contributed by atoms with Gasteiger partial charge in [-0.1, -0.05) is 26.2 Å². The fraction of sp³-hybridized carbons (Fsp3) is 0.824. The van der Waals surface area contributed by atoms with Crippen LogP contribution in [-0.2, 0) is 33.9 Å². The minimum atomic E-state index is -0.833. The third-order valence-electron chi connectivity index (χ3n) is 5.87. The molecule has 0 aromatic carbocycles. The van der Waals surface area contributed by atoms with Gasteiger partial charge in [0.1, 0.15) is 0 Å². The summed E-state index contributed by atoms with van der Waals surface area (Å²) in [6.07, 6.45) is 7.82. The van der Waals surface area contributed by atoms with E-state index in [2.05, 4.69) is 17.1 Å². The Morgan fingerprint density at radius 3 is 2.37 bits per heavy atom. The number of carbonyl (C=O) groups is 1. The van der Waals surface area contributed by atoms with Crippen LogP contribution >= 0.6 is 0 Å². The van der Waals surface area contributed by atoms with Crippen LogP contribution in [0, 0.1) is 23.7 Å². The number of aliphatic hydroxyl groups is 1. The van der Waals surface area contributed by atoms with Gasteiger partial charge in [0.15, 0.2) is 0 Å². The van der Waals surface area contributed by atoms with Crippen molar-refractivity contribution >= 4 is 29.5 Å². The van der Waals surface area contributed by atoms with Crippen LogP contribution in [-0.4, -0.2) is 43.6 Å². The summed E-state index contributed by atoms with van der Waals surface area (Å²) < 4.78 is 0. The van der Waals surface area contributed by atoms with E-state index >= 15 is 0 Å². The molecule has 2 bridgehead atoms. The van der Waals surface area contributed by atoms with Crippen molar-refractivity contribution in [1.29, 1.82) is 0 Å². The molecular formula is C17H32N3NiO5S-. The second-order valence-corrected chi connectivity index (χ2v) is 7.69. The fourth-order valence-electron chi connectivity index (χ4n) is 5.02. The molecule has 0 aromatic heterocycles. The first kappa shape index (κ1) is 28.4. The number of nitrogens with zero attached hydrogens (tertiary/aromatic N) is 2. The molecule has 0 aromatic rings. The number of fused-ring (bicyclic) bond motifs is 4. The first-order valence-corrected chi connectivity index (χ1v) is 9.18. The van der Waals surface area contributed by atoms with Crippen molar-refractivity contribution in [3.05, 3.63) is 0 Å². The van der Waals surface area contributed by atoms with Gasteiger partial charge < -0.3 is 39.5 Å². The molecule has 3 fully saturated rings. The molecule has 0 heterocycles. The van der Waals surface area contributed by atoms with Crippen molar-refractivity contribution in [2.45, 2.75) is 64.4 Å². The summed E-state index contributed by atoms with van der Waals surface area (Å²) in [6.45, 7) is 3.36. The van der Waals surface area contributed by atoms with Gasteiger partial charge in [0.25, 0.3) is 5.97 Å². The maximum Gasteiger partial charge on any atom is 0.300 e. The molecule has 3 aliphatic carbocycles. The summed E-state index contributed by atoms with van der Waals surface area (Å²) >= 11 is 4.81. The Kier molecular flexibility index (Phi) is 12.5. The zero-order chi connectivity index (χ0) is 17.9. The standard InChI is InChI=1S/C15H25N3OS.C2H4O2.Ni.2H2O/c1-9-10-5-4-7-12(13(10)17-18-14(16)20)15(19)8-3-2-6-11(9)15;1-2(3)4;;;/h9-12,19H,2-8H2,1H3,(H3,16,18,20);1H3,(H,3,4);;2*1H2/p-1/b17-13+;;;;. The van der Waals surface area contributed by atoms with Gasteiger partial charge in [-0.3, -0.25) is 4.79 Å². The van der Waals surface area contributed by atoms with E-state index in [0.717, 1.165) is 44.7 Å². The molecule has 8 nitrogen and oxygen atoms in total. The van der Waals surface area contributed by atoms with Gasteiger partial charge in [-0.25, -0.2) is 0 Å². The van der Waals surface area contributed by atoms with E-state index in [1.807, 2.05) is 0 Å². The Labute approximate surface area is 176 Å². The van der Waals surface area contributed by atoms with E-state index in [9.17, 15) is 5.11 Å². The summed E-state index contributed by atoms with van der Waals surface area (Å²) in [5, 5.41) is 27.1. The van der Waals surface area contributed by atoms with Crippen molar-refractivity contribution in [2.24, 2.45) is 39.6 Å². The summed E-state index contributed by atoms with van der Waals surface area (Å²) in [5.41, 5.74) is 5.95. The molecule has 0 saturated heterocycles. The Morgan fingerprint density at radius 1 is 1.22 bits per heavy atom. The SMILES string of the molecule is CC(=O)O.CC1C2CCCC(/C2=N/N=C(N)[S-])C2(O)CCCCC12.O.O.[Ni]. The van der Waals surface area contributed by atoms with E-state index in [1.165, 1.54) is 12.8 Å². The van der Waals surface area contributed by atoms with Crippen LogP contribution in [0.3, 0.4) is 0 Å². The van der Waals surface area contributed by atoms with E-state index in [0.29, 0.717) is 17.8 Å². The third kappa shape index (κ3) is 6.36. The van der Waals surface area contributed by atoms with E-state index in [1.54, 1.807) is 0 Å². The predicted molar refractivity (Wildman–Crippen MR) is 104 cm³/mol. The Hall–Kier alpha value is -0.796. The predicted octanol–water partition coefficient (Wildman–Crippen LogP) is 0.630. The number of hydrogen-bond donors (Lipinski definition) is 3. The number of amidine groups is 1. The third-order valence-corrected chi connectivity index (χ3v) is 5.95. The van der Waals surface area contributed by atoms with Crippen molar-refractivity contribution in [3.8, 4) is 0 Å². The summed E-state index contributed by atoms with van der Waals surface area (Å²) in [7, 11) is 0. The average molecular weight is 449 g/mol. The average Bonchev–Trinajstić information content (AvgIpc) is 2.50. The number of aliphatic carboxylic acids is 1. The zero-order valence-electron chi connectivity index (χ0n) is 15.8. The molecule has 5 unspecified atom stereocenters. The van der Waals surface area contributed by atoms with Crippen LogP contribution in [0.25, 0.3) is 0 Å². The summed E-state index contributed by atoms with van der Waals surface area (Å²) in [5.74, 6) is 0.698. The quantitative estimate of drug-likeness (QED) is 0.175.